The van der Waals surface area contributed by atoms with Crippen LogP contribution >= 0.6 is 0 Å². The summed E-state index contributed by atoms with van der Waals surface area (Å²) >= 11 is 0. The van der Waals surface area contributed by atoms with E-state index < -0.39 is 0 Å². The molecular formula is C9H12N4O2. The molecule has 1 N–H and O–H groups in total. The van der Waals surface area contributed by atoms with Crippen molar-refractivity contribution in [2.24, 2.45) is 0 Å². The highest BCUT2D eigenvalue weighted by molar-refractivity contribution is 5.31. The number of nitrogens with zero attached hydrogens (tertiary/aromatic N) is 3. The second-order valence-corrected chi connectivity index (χ2v) is 2.67. The molecule has 1 unspecified atom stereocenters. The number of nitrogens with one attached hydrogen (secondary N) is 1. The lowest BCUT2D eigenvalue weighted by Crippen LogP contribution is -2.15. The molecule has 0 aliphatic rings. The van der Waals surface area contributed by atoms with Crippen LogP contribution in [0.1, 0.15) is 6.92 Å². The molecule has 0 aromatic carbocycles. The molecule has 1 aromatic rings. The van der Waals surface area contributed by atoms with Gasteiger partial charge in [0.25, 0.3) is 0 Å². The molecule has 1 aromatic heterocycles. The molecule has 0 amide bonds. The highest BCUT2D eigenvalue weighted by Crippen LogP contribution is 2.12. The van der Waals surface area contributed by atoms with Gasteiger partial charge in [0, 0.05) is 0 Å². The van der Waals surface area contributed by atoms with Crippen LogP contribution in [0.4, 0.5) is 5.95 Å². The van der Waals surface area contributed by atoms with Crippen LogP contribution in [0, 0.1) is 12.3 Å². The van der Waals surface area contributed by atoms with E-state index in [2.05, 4.69) is 26.2 Å². The van der Waals surface area contributed by atoms with Gasteiger partial charge in [-0.05, 0) is 6.92 Å². The third kappa shape index (κ3) is 2.98. The molecule has 1 heterocycles. The molecule has 0 saturated heterocycles. The molecule has 0 aliphatic carbocycles. The number of terminal acetylenes is 1. The minimum Gasteiger partial charge on any atom is -0.467 e. The molecule has 0 radical (unpaired) electrons. The first kappa shape index (κ1) is 11.0. The smallest absolute Gasteiger partial charge is 0.324 e. The molecule has 0 bridgehead atoms. The van der Waals surface area contributed by atoms with Gasteiger partial charge in [-0.3, -0.25) is 0 Å². The molecule has 1 rings (SSSR count). The zero-order chi connectivity index (χ0) is 11.3. The van der Waals surface area contributed by atoms with Crippen LogP contribution in [-0.2, 0) is 0 Å². The highest BCUT2D eigenvalue weighted by atomic mass is 16.5. The van der Waals surface area contributed by atoms with E-state index in [1.807, 2.05) is 6.92 Å². The summed E-state index contributed by atoms with van der Waals surface area (Å²) in [6.45, 7) is 1.81. The maximum Gasteiger partial charge on any atom is 0.324 e. The summed E-state index contributed by atoms with van der Waals surface area (Å²) < 4.78 is 9.76. The van der Waals surface area contributed by atoms with Crippen molar-refractivity contribution < 1.29 is 9.47 Å². The summed E-state index contributed by atoms with van der Waals surface area (Å²) in [6, 6.07) is 0.170. The second-order valence-electron chi connectivity index (χ2n) is 2.67. The minimum absolute atomic E-state index is 0.175. The number of hydrogen-bond donors (Lipinski definition) is 1. The Morgan fingerprint density at radius 1 is 1.20 bits per heavy atom. The Hall–Kier alpha value is -2.03. The molecule has 80 valence electrons. The van der Waals surface area contributed by atoms with Crippen LogP contribution in [-0.4, -0.2) is 35.2 Å². The lowest BCUT2D eigenvalue weighted by molar-refractivity contribution is 0.341. The van der Waals surface area contributed by atoms with Gasteiger partial charge in [-0.1, -0.05) is 5.92 Å². The van der Waals surface area contributed by atoms with Gasteiger partial charge in [0.1, 0.15) is 0 Å². The van der Waals surface area contributed by atoms with Crippen molar-refractivity contribution in [1.82, 2.24) is 15.0 Å². The first-order chi connectivity index (χ1) is 7.19. The van der Waals surface area contributed by atoms with Gasteiger partial charge in [-0.25, -0.2) is 0 Å². The molecule has 0 spiro atoms. The standard InChI is InChI=1S/C9H12N4O2/c1-5-6(2)10-7-11-8(14-3)13-9(12-7)15-4/h1,6H,2-4H3,(H,10,11,12,13). The Labute approximate surface area is 88.1 Å². The third-order valence-electron chi connectivity index (χ3n) is 1.56. The summed E-state index contributed by atoms with van der Waals surface area (Å²) in [7, 11) is 2.92. The normalized spacial score (nSPS) is 11.3. The van der Waals surface area contributed by atoms with Crippen LogP contribution in [0.15, 0.2) is 0 Å². The van der Waals surface area contributed by atoms with Gasteiger partial charge < -0.3 is 14.8 Å². The highest BCUT2D eigenvalue weighted by Gasteiger charge is 2.07. The zero-order valence-corrected chi connectivity index (χ0v) is 8.81. The topological polar surface area (TPSA) is 69.2 Å². The minimum atomic E-state index is -0.179. The van der Waals surface area contributed by atoms with E-state index in [0.29, 0.717) is 5.95 Å². The van der Waals surface area contributed by atoms with Crippen molar-refractivity contribution in [1.29, 1.82) is 0 Å². The van der Waals surface area contributed by atoms with Gasteiger partial charge in [-0.15, -0.1) is 11.4 Å². The number of ether oxygens (including phenoxy) is 2. The van der Waals surface area contributed by atoms with Crippen molar-refractivity contribution in [3.8, 4) is 24.4 Å². The Kier molecular flexibility index (Phi) is 3.68. The fourth-order valence-corrected chi connectivity index (χ4v) is 0.820. The molecule has 6 heteroatoms. The third-order valence-corrected chi connectivity index (χ3v) is 1.56. The average molecular weight is 208 g/mol. The Morgan fingerprint density at radius 2 is 1.73 bits per heavy atom. The molecule has 0 aliphatic heterocycles. The maximum atomic E-state index is 5.21. The number of anilines is 1. The molecule has 0 saturated carbocycles. The SMILES string of the molecule is C#CC(C)Nc1nc(OC)nc(OC)n1. The van der Waals surface area contributed by atoms with Crippen molar-refractivity contribution in [2.45, 2.75) is 13.0 Å². The maximum absolute atomic E-state index is 5.21. The van der Waals surface area contributed by atoms with Gasteiger partial charge >= 0.3 is 12.0 Å². The van der Waals surface area contributed by atoms with Crippen LogP contribution in [0.5, 0.6) is 12.0 Å². The molecule has 0 fully saturated rings. The van der Waals surface area contributed by atoms with Crippen molar-refractivity contribution in [3.63, 3.8) is 0 Å². The van der Waals surface area contributed by atoms with Crippen LogP contribution in [0.3, 0.4) is 0 Å². The fraction of sp³-hybridized carbons (Fsp3) is 0.444. The number of aromatic nitrogens is 3. The van der Waals surface area contributed by atoms with Crippen LogP contribution in [0.2, 0.25) is 0 Å². The molecule has 6 nitrogen and oxygen atoms in total. The number of rotatable bonds is 4. The Morgan fingerprint density at radius 3 is 2.13 bits per heavy atom. The van der Waals surface area contributed by atoms with Gasteiger partial charge in [-0.2, -0.15) is 9.97 Å². The lowest BCUT2D eigenvalue weighted by Gasteiger charge is -2.08. The van der Waals surface area contributed by atoms with Crippen LogP contribution in [0.25, 0.3) is 0 Å². The van der Waals surface area contributed by atoms with E-state index in [0.717, 1.165) is 0 Å². The Bertz CT molecular complexity index is 353. The summed E-state index contributed by atoms with van der Waals surface area (Å²) in [6.07, 6.45) is 5.21. The second kappa shape index (κ2) is 5.00. The molecule has 1 atom stereocenters. The fourth-order valence-electron chi connectivity index (χ4n) is 0.820. The largest absolute Gasteiger partial charge is 0.467 e. The van der Waals surface area contributed by atoms with E-state index in [4.69, 9.17) is 15.9 Å². The number of methoxy groups -OCH3 is 2. The van der Waals surface area contributed by atoms with Crippen molar-refractivity contribution in [2.75, 3.05) is 19.5 Å². The number of hydrogen-bond acceptors (Lipinski definition) is 6. The quantitative estimate of drug-likeness (QED) is 0.719. The summed E-state index contributed by atoms with van der Waals surface area (Å²) in [4.78, 5) is 11.8. The summed E-state index contributed by atoms with van der Waals surface area (Å²) in [5, 5.41) is 2.88. The van der Waals surface area contributed by atoms with E-state index in [9.17, 15) is 0 Å². The van der Waals surface area contributed by atoms with Gasteiger partial charge in [0.2, 0.25) is 5.95 Å². The van der Waals surface area contributed by atoms with Crippen molar-refractivity contribution >= 4 is 5.95 Å². The van der Waals surface area contributed by atoms with E-state index in [-0.39, 0.29) is 18.1 Å². The first-order valence-corrected chi connectivity index (χ1v) is 4.26. The summed E-state index contributed by atoms with van der Waals surface area (Å²) in [5.74, 6) is 2.82. The van der Waals surface area contributed by atoms with E-state index in [1.54, 1.807) is 0 Å². The summed E-state index contributed by atoms with van der Waals surface area (Å²) in [5.41, 5.74) is 0. The predicted octanol–water partition coefficient (Wildman–Crippen LogP) is 0.322. The zero-order valence-electron chi connectivity index (χ0n) is 8.81. The van der Waals surface area contributed by atoms with E-state index >= 15 is 0 Å². The lowest BCUT2D eigenvalue weighted by atomic mass is 10.4. The first-order valence-electron chi connectivity index (χ1n) is 4.26. The average Bonchev–Trinajstić information content (AvgIpc) is 2.28. The molecular weight excluding hydrogens is 196 g/mol. The van der Waals surface area contributed by atoms with Crippen molar-refractivity contribution in [3.05, 3.63) is 0 Å². The van der Waals surface area contributed by atoms with Gasteiger partial charge in [0.05, 0.1) is 20.3 Å². The van der Waals surface area contributed by atoms with Crippen LogP contribution < -0.4 is 14.8 Å². The predicted molar refractivity (Wildman–Crippen MR) is 54.8 cm³/mol. The van der Waals surface area contributed by atoms with Gasteiger partial charge in [0.15, 0.2) is 0 Å². The van der Waals surface area contributed by atoms with E-state index in [1.165, 1.54) is 14.2 Å². The monoisotopic (exact) mass is 208 g/mol. The molecule has 15 heavy (non-hydrogen) atoms. The Balaban J connectivity index is 2.92.